The van der Waals surface area contributed by atoms with Gasteiger partial charge in [-0.25, -0.2) is 8.78 Å². The average molecular weight is 258 g/mol. The highest BCUT2D eigenvalue weighted by Crippen LogP contribution is 2.20. The van der Waals surface area contributed by atoms with Crippen LogP contribution < -0.4 is 11.1 Å². The molecule has 1 fully saturated rings. The van der Waals surface area contributed by atoms with Crippen molar-refractivity contribution in [3.05, 3.63) is 29.3 Å². The van der Waals surface area contributed by atoms with Crippen LogP contribution in [-0.2, 0) is 0 Å². The van der Waals surface area contributed by atoms with Gasteiger partial charge in [-0.15, -0.1) is 0 Å². The fraction of sp³-hybridized carbons (Fsp3) is 0.364. The summed E-state index contributed by atoms with van der Waals surface area (Å²) in [5.41, 5.74) is 4.88. The molecule has 0 bridgehead atoms. The van der Waals surface area contributed by atoms with Crippen molar-refractivity contribution in [1.29, 1.82) is 0 Å². The molecule has 6 heteroatoms. The lowest BCUT2D eigenvalue weighted by Gasteiger charge is -2.12. The molecule has 92 valence electrons. The summed E-state index contributed by atoms with van der Waals surface area (Å²) < 4.78 is 26.3. The van der Waals surface area contributed by atoms with Gasteiger partial charge in [0.1, 0.15) is 11.6 Å². The van der Waals surface area contributed by atoms with Crippen LogP contribution in [0, 0.1) is 11.6 Å². The zero-order valence-corrected chi connectivity index (χ0v) is 9.82. The van der Waals surface area contributed by atoms with Crippen LogP contribution in [0.4, 0.5) is 14.5 Å². The molecule has 1 aliphatic rings. The van der Waals surface area contributed by atoms with E-state index in [0.29, 0.717) is 6.07 Å². The van der Waals surface area contributed by atoms with Crippen LogP contribution in [0.5, 0.6) is 0 Å². The number of anilines is 1. The number of carbonyl (C=O) groups is 1. The molecule has 1 heterocycles. The van der Waals surface area contributed by atoms with E-state index in [-0.39, 0.29) is 17.3 Å². The second-order valence-electron chi connectivity index (χ2n) is 3.89. The molecule has 17 heavy (non-hydrogen) atoms. The van der Waals surface area contributed by atoms with Crippen molar-refractivity contribution in [3.8, 4) is 0 Å². The number of nitrogens with two attached hydrogens (primary N) is 1. The molecule has 1 aliphatic heterocycles. The van der Waals surface area contributed by atoms with E-state index < -0.39 is 17.5 Å². The Balaban J connectivity index is 2.15. The van der Waals surface area contributed by atoms with Gasteiger partial charge >= 0.3 is 0 Å². The smallest absolute Gasteiger partial charge is 0.254 e. The number of hydrogen-bond acceptors (Lipinski definition) is 3. The number of carbonyl (C=O) groups excluding carboxylic acids is 1. The fourth-order valence-electron chi connectivity index (χ4n) is 1.65. The molecule has 1 amide bonds. The lowest BCUT2D eigenvalue weighted by molar-refractivity contribution is 0.0937. The highest BCUT2D eigenvalue weighted by atomic mass is 32.2. The second kappa shape index (κ2) is 4.91. The molecule has 3 nitrogen and oxygen atoms in total. The van der Waals surface area contributed by atoms with Crippen molar-refractivity contribution in [2.45, 2.75) is 12.5 Å². The Morgan fingerprint density at radius 1 is 1.41 bits per heavy atom. The molecule has 1 atom stereocenters. The van der Waals surface area contributed by atoms with Crippen LogP contribution >= 0.6 is 11.8 Å². The van der Waals surface area contributed by atoms with E-state index >= 15 is 0 Å². The van der Waals surface area contributed by atoms with Gasteiger partial charge in [-0.2, -0.15) is 11.8 Å². The van der Waals surface area contributed by atoms with E-state index in [1.807, 2.05) is 0 Å². The SMILES string of the molecule is Nc1cc(C(=O)NC2CCSC2)c(F)cc1F. The van der Waals surface area contributed by atoms with Crippen molar-refractivity contribution in [2.24, 2.45) is 0 Å². The van der Waals surface area contributed by atoms with Crippen LogP contribution in [0.2, 0.25) is 0 Å². The number of rotatable bonds is 2. The fourth-order valence-corrected chi connectivity index (χ4v) is 2.80. The van der Waals surface area contributed by atoms with Gasteiger partial charge < -0.3 is 11.1 Å². The number of halogens is 2. The van der Waals surface area contributed by atoms with Crippen LogP contribution in [0.1, 0.15) is 16.8 Å². The number of thioether (sulfide) groups is 1. The van der Waals surface area contributed by atoms with Crippen molar-refractivity contribution in [3.63, 3.8) is 0 Å². The standard InChI is InChI=1S/C11H12F2N2OS/c12-8-4-9(13)10(14)3-7(8)11(16)15-6-1-2-17-5-6/h3-4,6H,1-2,5,14H2,(H,15,16). The first-order valence-electron chi connectivity index (χ1n) is 5.21. The van der Waals surface area contributed by atoms with Crippen LogP contribution in [0.3, 0.4) is 0 Å². The molecule has 0 aliphatic carbocycles. The molecular weight excluding hydrogens is 246 g/mol. The number of nitrogens with one attached hydrogen (secondary N) is 1. The molecule has 0 spiro atoms. The Hall–Kier alpha value is -1.30. The monoisotopic (exact) mass is 258 g/mol. The van der Waals surface area contributed by atoms with Gasteiger partial charge in [0.05, 0.1) is 11.3 Å². The highest BCUT2D eigenvalue weighted by molar-refractivity contribution is 7.99. The van der Waals surface area contributed by atoms with Crippen molar-refractivity contribution >= 4 is 23.4 Å². The zero-order chi connectivity index (χ0) is 12.4. The Kier molecular flexibility index (Phi) is 3.51. The molecule has 1 aromatic carbocycles. The molecule has 0 aromatic heterocycles. The van der Waals surface area contributed by atoms with E-state index in [9.17, 15) is 13.6 Å². The van der Waals surface area contributed by atoms with E-state index in [4.69, 9.17) is 5.73 Å². The lowest BCUT2D eigenvalue weighted by atomic mass is 10.1. The largest absolute Gasteiger partial charge is 0.396 e. The first-order chi connectivity index (χ1) is 8.08. The maximum Gasteiger partial charge on any atom is 0.254 e. The van der Waals surface area contributed by atoms with Crippen LogP contribution in [0.15, 0.2) is 12.1 Å². The van der Waals surface area contributed by atoms with Gasteiger partial charge in [-0.1, -0.05) is 0 Å². The summed E-state index contributed by atoms with van der Waals surface area (Å²) in [6.07, 6.45) is 0.870. The maximum absolute atomic E-state index is 13.4. The molecule has 1 unspecified atom stereocenters. The third-order valence-electron chi connectivity index (χ3n) is 2.60. The normalized spacial score (nSPS) is 19.3. The Morgan fingerprint density at radius 2 is 2.18 bits per heavy atom. The van der Waals surface area contributed by atoms with Gasteiger partial charge in [0, 0.05) is 17.9 Å². The molecule has 3 N–H and O–H groups in total. The lowest BCUT2D eigenvalue weighted by Crippen LogP contribution is -2.35. The van der Waals surface area contributed by atoms with E-state index in [2.05, 4.69) is 5.32 Å². The number of hydrogen-bond donors (Lipinski definition) is 2. The third kappa shape index (κ3) is 2.69. The minimum Gasteiger partial charge on any atom is -0.396 e. The summed E-state index contributed by atoms with van der Waals surface area (Å²) >= 11 is 1.74. The first-order valence-corrected chi connectivity index (χ1v) is 6.36. The summed E-state index contributed by atoms with van der Waals surface area (Å²) in [7, 11) is 0. The minimum atomic E-state index is -0.889. The van der Waals surface area contributed by atoms with E-state index in [1.165, 1.54) is 0 Å². The van der Waals surface area contributed by atoms with Crippen LogP contribution in [0.25, 0.3) is 0 Å². The van der Waals surface area contributed by atoms with Crippen molar-refractivity contribution in [1.82, 2.24) is 5.32 Å². The van der Waals surface area contributed by atoms with E-state index in [1.54, 1.807) is 11.8 Å². The number of benzene rings is 1. The zero-order valence-electron chi connectivity index (χ0n) is 9.00. The summed E-state index contributed by atoms with van der Waals surface area (Å²) in [5.74, 6) is -0.472. The highest BCUT2D eigenvalue weighted by Gasteiger charge is 2.21. The predicted octanol–water partition coefficient (Wildman–Crippen LogP) is 1.78. The van der Waals surface area contributed by atoms with Gasteiger partial charge in [0.25, 0.3) is 5.91 Å². The molecule has 0 saturated carbocycles. The molecular formula is C11H12F2N2OS. The van der Waals surface area contributed by atoms with Gasteiger partial charge in [-0.3, -0.25) is 4.79 Å². The second-order valence-corrected chi connectivity index (χ2v) is 5.04. The molecule has 0 radical (unpaired) electrons. The van der Waals surface area contributed by atoms with E-state index in [0.717, 1.165) is 24.0 Å². The van der Waals surface area contributed by atoms with Crippen molar-refractivity contribution in [2.75, 3.05) is 17.2 Å². The average Bonchev–Trinajstić information content (AvgIpc) is 2.76. The topological polar surface area (TPSA) is 55.1 Å². The maximum atomic E-state index is 13.4. The quantitative estimate of drug-likeness (QED) is 0.795. The van der Waals surface area contributed by atoms with Gasteiger partial charge in [0.2, 0.25) is 0 Å². The molecule has 1 saturated heterocycles. The van der Waals surface area contributed by atoms with Crippen LogP contribution in [-0.4, -0.2) is 23.5 Å². The summed E-state index contributed by atoms with van der Waals surface area (Å²) in [6.45, 7) is 0. The minimum absolute atomic E-state index is 0.0539. The van der Waals surface area contributed by atoms with Gasteiger partial charge in [0.15, 0.2) is 0 Å². The molecule has 1 aromatic rings. The number of nitrogen functional groups attached to an aromatic ring is 1. The van der Waals surface area contributed by atoms with Crippen molar-refractivity contribution < 1.29 is 13.6 Å². The predicted molar refractivity (Wildman–Crippen MR) is 64.0 cm³/mol. The first kappa shape index (κ1) is 12.2. The number of amides is 1. The third-order valence-corrected chi connectivity index (χ3v) is 3.76. The molecule has 2 rings (SSSR count). The summed E-state index contributed by atoms with van der Waals surface area (Å²) in [4.78, 5) is 11.7. The van der Waals surface area contributed by atoms with Gasteiger partial charge in [-0.05, 0) is 18.2 Å². The Labute approximate surface area is 102 Å². The Bertz CT molecular complexity index is 447. The summed E-state index contributed by atoms with van der Waals surface area (Å²) in [6, 6.07) is 1.72. The summed E-state index contributed by atoms with van der Waals surface area (Å²) in [5, 5.41) is 2.70. The Morgan fingerprint density at radius 3 is 2.82 bits per heavy atom.